The summed E-state index contributed by atoms with van der Waals surface area (Å²) in [5.74, 6) is 0.298. The lowest BCUT2D eigenvalue weighted by molar-refractivity contribution is -0.145. The standard InChI is InChI=1S/C23H28ClNO4/c1-3-28-22(27)15-29-20-8-7-16-9-10-23(2,13-18(16)12-20)25-14-21(26)17-5-4-6-19(24)11-17/h4-8,11-12,21,25-26H,3,9-10,13-15H2,1-2H3/t21-,23-/m0/s1. The Morgan fingerprint density at radius 1 is 1.28 bits per heavy atom. The van der Waals surface area contributed by atoms with E-state index < -0.39 is 6.10 Å². The minimum atomic E-state index is -0.619. The van der Waals surface area contributed by atoms with Crippen LogP contribution in [0.15, 0.2) is 42.5 Å². The Morgan fingerprint density at radius 3 is 2.86 bits per heavy atom. The number of carbonyl (C=O) groups is 1. The molecule has 3 rings (SSSR count). The molecule has 2 aromatic rings. The van der Waals surface area contributed by atoms with E-state index in [1.54, 1.807) is 19.1 Å². The van der Waals surface area contributed by atoms with Gasteiger partial charge in [0.15, 0.2) is 6.61 Å². The van der Waals surface area contributed by atoms with Gasteiger partial charge in [0.1, 0.15) is 5.75 Å². The number of aryl methyl sites for hydroxylation is 1. The number of aliphatic hydroxyl groups excluding tert-OH is 1. The molecule has 2 atom stereocenters. The first-order chi connectivity index (χ1) is 13.9. The second-order valence-electron chi connectivity index (χ2n) is 7.71. The van der Waals surface area contributed by atoms with E-state index in [-0.39, 0.29) is 18.1 Å². The molecule has 0 radical (unpaired) electrons. The van der Waals surface area contributed by atoms with Crippen LogP contribution in [-0.2, 0) is 22.4 Å². The molecular formula is C23H28ClNO4. The number of aliphatic hydroxyl groups is 1. The van der Waals surface area contributed by atoms with E-state index >= 15 is 0 Å². The van der Waals surface area contributed by atoms with Crippen molar-refractivity contribution in [3.05, 3.63) is 64.2 Å². The Labute approximate surface area is 177 Å². The normalized spacial score (nSPS) is 19.3. The third kappa shape index (κ3) is 5.95. The van der Waals surface area contributed by atoms with Crippen LogP contribution in [0.25, 0.3) is 0 Å². The molecule has 2 N–H and O–H groups in total. The second-order valence-corrected chi connectivity index (χ2v) is 8.15. The van der Waals surface area contributed by atoms with Gasteiger partial charge in [-0.05, 0) is 74.1 Å². The smallest absolute Gasteiger partial charge is 0.344 e. The highest BCUT2D eigenvalue weighted by Crippen LogP contribution is 2.31. The van der Waals surface area contributed by atoms with Crippen molar-refractivity contribution in [1.82, 2.24) is 5.32 Å². The van der Waals surface area contributed by atoms with Crippen LogP contribution in [0.5, 0.6) is 5.75 Å². The first kappa shape index (κ1) is 21.6. The lowest BCUT2D eigenvalue weighted by Crippen LogP contribution is -2.48. The minimum Gasteiger partial charge on any atom is -0.482 e. The van der Waals surface area contributed by atoms with Crippen LogP contribution in [0.3, 0.4) is 0 Å². The highest BCUT2D eigenvalue weighted by molar-refractivity contribution is 6.30. The molecule has 0 fully saturated rings. The van der Waals surface area contributed by atoms with Gasteiger partial charge < -0.3 is 19.9 Å². The van der Waals surface area contributed by atoms with Gasteiger partial charge in [-0.25, -0.2) is 4.79 Å². The van der Waals surface area contributed by atoms with E-state index in [2.05, 4.69) is 18.3 Å². The summed E-state index contributed by atoms with van der Waals surface area (Å²) in [6.07, 6.45) is 2.13. The number of carbonyl (C=O) groups excluding carboxylic acids is 1. The van der Waals surface area contributed by atoms with E-state index in [0.29, 0.717) is 23.9 Å². The summed E-state index contributed by atoms with van der Waals surface area (Å²) in [6.45, 7) is 4.65. The van der Waals surface area contributed by atoms with Gasteiger partial charge in [-0.15, -0.1) is 0 Å². The van der Waals surface area contributed by atoms with Crippen LogP contribution in [0.1, 0.15) is 43.1 Å². The Kier molecular flexibility index (Phi) is 7.17. The van der Waals surface area contributed by atoms with Crippen molar-refractivity contribution in [1.29, 1.82) is 0 Å². The Hall–Kier alpha value is -2.08. The number of esters is 1. The number of rotatable bonds is 8. The number of nitrogens with one attached hydrogen (secondary N) is 1. The van der Waals surface area contributed by atoms with Crippen molar-refractivity contribution < 1.29 is 19.4 Å². The van der Waals surface area contributed by atoms with E-state index in [1.807, 2.05) is 24.3 Å². The molecule has 1 aliphatic rings. The summed E-state index contributed by atoms with van der Waals surface area (Å²) in [5.41, 5.74) is 3.17. The maximum absolute atomic E-state index is 11.5. The van der Waals surface area contributed by atoms with Gasteiger partial charge in [0.05, 0.1) is 12.7 Å². The Morgan fingerprint density at radius 2 is 2.10 bits per heavy atom. The lowest BCUT2D eigenvalue weighted by Gasteiger charge is -2.37. The van der Waals surface area contributed by atoms with Gasteiger partial charge in [0, 0.05) is 17.1 Å². The average molecular weight is 418 g/mol. The largest absolute Gasteiger partial charge is 0.482 e. The molecule has 6 heteroatoms. The number of fused-ring (bicyclic) bond motifs is 1. The van der Waals surface area contributed by atoms with Gasteiger partial charge in [0.2, 0.25) is 0 Å². The molecule has 0 spiro atoms. The van der Waals surface area contributed by atoms with Crippen LogP contribution in [-0.4, -0.2) is 36.4 Å². The number of hydrogen-bond donors (Lipinski definition) is 2. The number of β-amino-alcohol motifs (C(OH)–C–C–N with tert-alkyl or cyclic N) is 1. The summed E-state index contributed by atoms with van der Waals surface area (Å²) >= 11 is 6.03. The molecule has 0 amide bonds. The Balaban J connectivity index is 1.60. The SMILES string of the molecule is CCOC(=O)COc1ccc2c(c1)C[C@@](C)(NC[C@H](O)c1cccc(Cl)c1)CC2. The zero-order valence-corrected chi connectivity index (χ0v) is 17.7. The molecule has 1 aliphatic carbocycles. The van der Waals surface area contributed by atoms with Crippen LogP contribution in [0.4, 0.5) is 0 Å². The summed E-state index contributed by atoms with van der Waals surface area (Å²) in [4.78, 5) is 11.5. The van der Waals surface area contributed by atoms with Crippen LogP contribution < -0.4 is 10.1 Å². The van der Waals surface area contributed by atoms with Gasteiger partial charge in [-0.3, -0.25) is 0 Å². The molecule has 0 bridgehead atoms. The van der Waals surface area contributed by atoms with E-state index in [1.165, 1.54) is 11.1 Å². The Bertz CT molecular complexity index is 857. The summed E-state index contributed by atoms with van der Waals surface area (Å²) in [6, 6.07) is 13.3. The molecule has 0 saturated carbocycles. The summed E-state index contributed by atoms with van der Waals surface area (Å²) in [7, 11) is 0. The van der Waals surface area contributed by atoms with E-state index in [9.17, 15) is 9.90 Å². The fourth-order valence-corrected chi connectivity index (χ4v) is 3.89. The number of ether oxygens (including phenoxy) is 2. The second kappa shape index (κ2) is 9.61. The molecule has 2 aromatic carbocycles. The van der Waals surface area contributed by atoms with Gasteiger partial charge >= 0.3 is 5.97 Å². The number of hydrogen-bond acceptors (Lipinski definition) is 5. The monoisotopic (exact) mass is 417 g/mol. The van der Waals surface area contributed by atoms with Crippen LogP contribution in [0.2, 0.25) is 5.02 Å². The fraction of sp³-hybridized carbons (Fsp3) is 0.435. The van der Waals surface area contributed by atoms with Crippen molar-refractivity contribution in [3.63, 3.8) is 0 Å². The summed E-state index contributed by atoms with van der Waals surface area (Å²) in [5, 5.41) is 14.7. The maximum Gasteiger partial charge on any atom is 0.344 e. The van der Waals surface area contributed by atoms with E-state index in [4.69, 9.17) is 21.1 Å². The van der Waals surface area contributed by atoms with Crippen molar-refractivity contribution >= 4 is 17.6 Å². The molecule has 29 heavy (non-hydrogen) atoms. The number of benzene rings is 2. The van der Waals surface area contributed by atoms with Crippen molar-refractivity contribution in [2.75, 3.05) is 19.8 Å². The predicted octanol–water partition coefficient (Wildman–Crippen LogP) is 3.85. The maximum atomic E-state index is 11.5. The zero-order valence-electron chi connectivity index (χ0n) is 16.9. The molecule has 0 unspecified atom stereocenters. The number of halogens is 1. The van der Waals surface area contributed by atoms with Crippen molar-refractivity contribution in [2.45, 2.75) is 44.8 Å². The quantitative estimate of drug-likeness (QED) is 0.638. The first-order valence-electron chi connectivity index (χ1n) is 9.97. The third-order valence-electron chi connectivity index (χ3n) is 5.32. The van der Waals surface area contributed by atoms with Gasteiger partial charge in [-0.2, -0.15) is 0 Å². The highest BCUT2D eigenvalue weighted by Gasteiger charge is 2.30. The molecule has 0 aliphatic heterocycles. The molecule has 0 aromatic heterocycles. The molecule has 156 valence electrons. The molecular weight excluding hydrogens is 390 g/mol. The fourth-order valence-electron chi connectivity index (χ4n) is 3.69. The average Bonchev–Trinajstić information content (AvgIpc) is 2.70. The molecule has 0 saturated heterocycles. The minimum absolute atomic E-state index is 0.0893. The highest BCUT2D eigenvalue weighted by atomic mass is 35.5. The van der Waals surface area contributed by atoms with Crippen molar-refractivity contribution in [2.24, 2.45) is 0 Å². The molecule has 5 nitrogen and oxygen atoms in total. The van der Waals surface area contributed by atoms with Gasteiger partial charge in [0.25, 0.3) is 0 Å². The van der Waals surface area contributed by atoms with Crippen LogP contribution >= 0.6 is 11.6 Å². The third-order valence-corrected chi connectivity index (χ3v) is 5.56. The first-order valence-corrected chi connectivity index (χ1v) is 10.3. The lowest BCUT2D eigenvalue weighted by atomic mass is 9.79. The zero-order chi connectivity index (χ0) is 20.9. The topological polar surface area (TPSA) is 67.8 Å². The van der Waals surface area contributed by atoms with Crippen molar-refractivity contribution in [3.8, 4) is 5.75 Å². The van der Waals surface area contributed by atoms with E-state index in [0.717, 1.165) is 24.8 Å². The summed E-state index contributed by atoms with van der Waals surface area (Å²) < 4.78 is 10.5. The van der Waals surface area contributed by atoms with Crippen LogP contribution in [0, 0.1) is 0 Å². The van der Waals surface area contributed by atoms with Gasteiger partial charge in [-0.1, -0.05) is 29.8 Å². The molecule has 0 heterocycles. The predicted molar refractivity (Wildman–Crippen MR) is 113 cm³/mol.